The molecule has 0 aliphatic carbocycles. The molecule has 1 aromatic rings. The average Bonchev–Trinajstić information content (AvgIpc) is 2.55. The van der Waals surface area contributed by atoms with Gasteiger partial charge in [0.15, 0.2) is 0 Å². The lowest BCUT2D eigenvalue weighted by atomic mass is 10.1. The molecule has 0 fully saturated rings. The molecule has 0 spiro atoms. The van der Waals surface area contributed by atoms with Crippen LogP contribution < -0.4 is 0 Å². The van der Waals surface area contributed by atoms with Gasteiger partial charge in [-0.2, -0.15) is 0 Å². The first-order chi connectivity index (χ1) is 11.6. The number of hydrogen-bond acceptors (Lipinski definition) is 6. The second-order valence-corrected chi connectivity index (χ2v) is 5.63. The van der Waals surface area contributed by atoms with Gasteiger partial charge in [-0.25, -0.2) is 4.79 Å². The topological polar surface area (TPSA) is 93.1 Å². The van der Waals surface area contributed by atoms with Gasteiger partial charge in [0.05, 0.1) is 13.2 Å². The minimum atomic E-state index is -0.579. The van der Waals surface area contributed by atoms with E-state index in [9.17, 15) is 19.8 Å². The monoisotopic (exact) mass is 338 g/mol. The Labute approximate surface area is 142 Å². The molecule has 0 heterocycles. The van der Waals surface area contributed by atoms with Gasteiger partial charge in [0.2, 0.25) is 0 Å². The fourth-order valence-electron chi connectivity index (χ4n) is 2.33. The predicted molar refractivity (Wildman–Crippen MR) is 89.0 cm³/mol. The van der Waals surface area contributed by atoms with Crippen molar-refractivity contribution in [3.05, 3.63) is 23.8 Å². The average molecular weight is 338 g/mol. The Balaban J connectivity index is 1.98. The van der Waals surface area contributed by atoms with Crippen LogP contribution in [0.15, 0.2) is 18.2 Å². The summed E-state index contributed by atoms with van der Waals surface area (Å²) in [4.78, 5) is 21.7. The molecule has 6 heteroatoms. The number of benzene rings is 1. The molecule has 24 heavy (non-hydrogen) atoms. The van der Waals surface area contributed by atoms with E-state index in [1.54, 1.807) is 0 Å². The highest BCUT2D eigenvalue weighted by molar-refractivity contribution is 5.92. The maximum atomic E-state index is 11.8. The van der Waals surface area contributed by atoms with Crippen molar-refractivity contribution in [2.24, 2.45) is 0 Å². The highest BCUT2D eigenvalue weighted by Crippen LogP contribution is 2.23. The van der Waals surface area contributed by atoms with E-state index < -0.39 is 5.97 Å². The van der Waals surface area contributed by atoms with Crippen LogP contribution in [-0.4, -0.2) is 35.9 Å². The summed E-state index contributed by atoms with van der Waals surface area (Å²) in [6.45, 7) is 1.31. The van der Waals surface area contributed by atoms with Gasteiger partial charge in [0.1, 0.15) is 17.1 Å². The maximum absolute atomic E-state index is 11.8. The van der Waals surface area contributed by atoms with Crippen molar-refractivity contribution < 1.29 is 29.3 Å². The van der Waals surface area contributed by atoms with E-state index in [1.807, 2.05) is 0 Å². The van der Waals surface area contributed by atoms with E-state index in [2.05, 4.69) is 4.74 Å². The molecule has 1 aromatic carbocycles. The Morgan fingerprint density at radius 3 is 2.08 bits per heavy atom. The van der Waals surface area contributed by atoms with Crippen molar-refractivity contribution in [2.45, 2.75) is 51.4 Å². The zero-order valence-electron chi connectivity index (χ0n) is 13.9. The van der Waals surface area contributed by atoms with Crippen molar-refractivity contribution in [3.63, 3.8) is 0 Å². The summed E-state index contributed by atoms with van der Waals surface area (Å²) in [5, 5.41) is 18.7. The molecule has 0 aliphatic rings. The lowest BCUT2D eigenvalue weighted by molar-refractivity contribution is -0.128. The largest absolute Gasteiger partial charge is 0.508 e. The van der Waals surface area contributed by atoms with Gasteiger partial charge in [-0.15, -0.1) is 0 Å². The molecule has 0 saturated carbocycles. The second kappa shape index (κ2) is 12.2. The molecule has 0 aromatic heterocycles. The number of rotatable bonds is 13. The van der Waals surface area contributed by atoms with E-state index in [-0.39, 0.29) is 17.1 Å². The highest BCUT2D eigenvalue weighted by Gasteiger charge is 2.12. The molecular formula is C18H26O6. The Bertz CT molecular complexity index is 500. The van der Waals surface area contributed by atoms with Crippen LogP contribution in [0.25, 0.3) is 0 Å². The lowest BCUT2D eigenvalue weighted by Crippen LogP contribution is -2.06. The van der Waals surface area contributed by atoms with Crippen LogP contribution in [0.5, 0.6) is 11.5 Å². The van der Waals surface area contributed by atoms with Gasteiger partial charge in [0, 0.05) is 6.07 Å². The highest BCUT2D eigenvalue weighted by atomic mass is 16.5. The van der Waals surface area contributed by atoms with Crippen LogP contribution in [0.1, 0.15) is 61.7 Å². The third-order valence-corrected chi connectivity index (χ3v) is 3.66. The minimum absolute atomic E-state index is 0.0614. The normalized spacial score (nSPS) is 10.3. The van der Waals surface area contributed by atoms with Gasteiger partial charge in [-0.05, 0) is 25.0 Å². The van der Waals surface area contributed by atoms with Gasteiger partial charge < -0.3 is 19.7 Å². The summed E-state index contributed by atoms with van der Waals surface area (Å²) in [6.07, 6.45) is 8.29. The van der Waals surface area contributed by atoms with E-state index in [1.165, 1.54) is 12.1 Å². The zero-order chi connectivity index (χ0) is 17.6. The van der Waals surface area contributed by atoms with Crippen molar-refractivity contribution in [3.8, 4) is 11.5 Å². The number of ether oxygens (including phenoxy) is 2. The molecule has 0 saturated heterocycles. The Morgan fingerprint density at radius 1 is 0.917 bits per heavy atom. The molecule has 6 nitrogen and oxygen atoms in total. The number of carbonyl (C=O) groups is 2. The Morgan fingerprint density at radius 2 is 1.50 bits per heavy atom. The molecule has 134 valence electrons. The smallest absolute Gasteiger partial charge is 0.341 e. The van der Waals surface area contributed by atoms with Crippen LogP contribution in [0.3, 0.4) is 0 Å². The van der Waals surface area contributed by atoms with Crippen LogP contribution in [-0.2, 0) is 14.3 Å². The molecule has 2 N–H and O–H groups in total. The van der Waals surface area contributed by atoms with E-state index >= 15 is 0 Å². The molecule has 0 amide bonds. The standard InChI is InChI=1S/C18H26O6/c19-14-23-11-7-5-3-1-2-4-6-8-12-24-18(22)16-10-9-15(20)13-17(16)21/h9-10,13-14,20-21H,1-8,11-12H2. The zero-order valence-corrected chi connectivity index (χ0v) is 13.9. The Kier molecular flexibility index (Phi) is 10.1. The SMILES string of the molecule is O=COCCCCCCCCCCOC(=O)c1ccc(O)cc1O. The van der Waals surface area contributed by atoms with Crippen molar-refractivity contribution >= 4 is 12.4 Å². The summed E-state index contributed by atoms with van der Waals surface area (Å²) < 4.78 is 9.73. The van der Waals surface area contributed by atoms with Crippen LogP contribution in [0.4, 0.5) is 0 Å². The number of aromatic hydroxyl groups is 2. The van der Waals surface area contributed by atoms with E-state index in [0.717, 1.165) is 57.4 Å². The summed E-state index contributed by atoms with van der Waals surface area (Å²) >= 11 is 0. The van der Waals surface area contributed by atoms with Crippen molar-refractivity contribution in [1.29, 1.82) is 0 Å². The Hall–Kier alpha value is -2.24. The molecule has 0 bridgehead atoms. The molecular weight excluding hydrogens is 312 g/mol. The number of carbonyl (C=O) groups excluding carboxylic acids is 2. The van der Waals surface area contributed by atoms with Crippen molar-refractivity contribution in [2.75, 3.05) is 13.2 Å². The van der Waals surface area contributed by atoms with Gasteiger partial charge in [-0.1, -0.05) is 38.5 Å². The molecule has 0 unspecified atom stereocenters. The fraction of sp³-hybridized carbons (Fsp3) is 0.556. The van der Waals surface area contributed by atoms with Gasteiger partial charge in [0.25, 0.3) is 6.47 Å². The van der Waals surface area contributed by atoms with Gasteiger partial charge in [-0.3, -0.25) is 4.79 Å². The van der Waals surface area contributed by atoms with Crippen LogP contribution in [0, 0.1) is 0 Å². The fourth-order valence-corrected chi connectivity index (χ4v) is 2.33. The summed E-state index contributed by atoms with van der Waals surface area (Å²) in [5.41, 5.74) is 0.0614. The first-order valence-electron chi connectivity index (χ1n) is 8.39. The summed E-state index contributed by atoms with van der Waals surface area (Å²) in [7, 11) is 0. The number of phenols is 2. The number of unbranched alkanes of at least 4 members (excludes halogenated alkanes) is 7. The van der Waals surface area contributed by atoms with Crippen molar-refractivity contribution in [1.82, 2.24) is 0 Å². The lowest BCUT2D eigenvalue weighted by Gasteiger charge is -2.07. The van der Waals surface area contributed by atoms with E-state index in [0.29, 0.717) is 19.7 Å². The number of esters is 1. The summed E-state index contributed by atoms with van der Waals surface area (Å²) in [5.74, 6) is -0.955. The second-order valence-electron chi connectivity index (χ2n) is 5.63. The van der Waals surface area contributed by atoms with Gasteiger partial charge >= 0.3 is 5.97 Å². The molecule has 0 radical (unpaired) electrons. The molecule has 0 atom stereocenters. The molecule has 1 rings (SSSR count). The number of phenolic OH excluding ortho intramolecular Hbond substituents is 2. The molecule has 0 aliphatic heterocycles. The van der Waals surface area contributed by atoms with Crippen LogP contribution in [0.2, 0.25) is 0 Å². The first kappa shape index (κ1) is 19.8. The third kappa shape index (κ3) is 8.41. The summed E-state index contributed by atoms with van der Waals surface area (Å²) in [6, 6.07) is 3.79. The number of hydrogen-bond donors (Lipinski definition) is 2. The third-order valence-electron chi connectivity index (χ3n) is 3.66. The maximum Gasteiger partial charge on any atom is 0.341 e. The van der Waals surface area contributed by atoms with E-state index in [4.69, 9.17) is 4.74 Å². The predicted octanol–water partition coefficient (Wildman–Crippen LogP) is 3.55. The van der Waals surface area contributed by atoms with Crippen LogP contribution >= 0.6 is 0 Å². The minimum Gasteiger partial charge on any atom is -0.508 e. The first-order valence-corrected chi connectivity index (χ1v) is 8.39. The quantitative estimate of drug-likeness (QED) is 0.324.